The van der Waals surface area contributed by atoms with E-state index in [2.05, 4.69) is 33.7 Å². The molecule has 0 saturated carbocycles. The fourth-order valence-corrected chi connectivity index (χ4v) is 3.25. The summed E-state index contributed by atoms with van der Waals surface area (Å²) in [5.41, 5.74) is 2.62. The van der Waals surface area contributed by atoms with Crippen LogP contribution in [0.25, 0.3) is 0 Å². The van der Waals surface area contributed by atoms with Gasteiger partial charge >= 0.3 is 0 Å². The monoisotopic (exact) mass is 292 g/mol. The molecule has 0 saturated heterocycles. The lowest BCUT2D eigenvalue weighted by atomic mass is 9.99. The van der Waals surface area contributed by atoms with Gasteiger partial charge in [0.15, 0.2) is 0 Å². The van der Waals surface area contributed by atoms with Gasteiger partial charge in [0.1, 0.15) is 0 Å². The van der Waals surface area contributed by atoms with Crippen LogP contribution in [0.1, 0.15) is 17.2 Å². The van der Waals surface area contributed by atoms with Crippen molar-refractivity contribution in [3.05, 3.63) is 35.4 Å². The summed E-state index contributed by atoms with van der Waals surface area (Å²) in [5, 5.41) is 21.1. The number of ether oxygens (including phenoxy) is 1. The molecule has 1 aromatic carbocycles. The molecule has 2 aromatic rings. The minimum atomic E-state index is 0.0291. The van der Waals surface area contributed by atoms with Crippen molar-refractivity contribution in [3.63, 3.8) is 0 Å². The second-order valence-corrected chi connectivity index (χ2v) is 5.51. The molecular weight excluding hydrogens is 276 g/mol. The van der Waals surface area contributed by atoms with Gasteiger partial charge in [-0.1, -0.05) is 36.0 Å². The van der Waals surface area contributed by atoms with E-state index in [0.717, 1.165) is 18.8 Å². The van der Waals surface area contributed by atoms with Crippen LogP contribution >= 0.6 is 11.8 Å². The van der Waals surface area contributed by atoms with Gasteiger partial charge in [-0.2, -0.15) is 0 Å². The van der Waals surface area contributed by atoms with Crippen molar-refractivity contribution in [1.29, 1.82) is 0 Å². The van der Waals surface area contributed by atoms with Crippen molar-refractivity contribution in [1.82, 2.24) is 20.2 Å². The van der Waals surface area contributed by atoms with Gasteiger partial charge in [0, 0.05) is 5.75 Å². The lowest BCUT2D eigenvalue weighted by Crippen LogP contribution is -2.18. The van der Waals surface area contributed by atoms with Gasteiger partial charge in [0.25, 0.3) is 0 Å². The lowest BCUT2D eigenvalue weighted by molar-refractivity contribution is 0.0587. The van der Waals surface area contributed by atoms with E-state index >= 15 is 0 Å². The first-order chi connectivity index (χ1) is 9.88. The van der Waals surface area contributed by atoms with E-state index in [1.54, 1.807) is 16.4 Å². The normalized spacial score (nSPS) is 17.9. The van der Waals surface area contributed by atoms with Gasteiger partial charge in [-0.25, -0.2) is 4.68 Å². The number of tetrazole rings is 1. The predicted octanol–water partition coefficient (Wildman–Crippen LogP) is 1.07. The summed E-state index contributed by atoms with van der Waals surface area (Å²) in [4.78, 5) is 0. The molecule has 1 unspecified atom stereocenters. The minimum absolute atomic E-state index is 0.0291. The summed E-state index contributed by atoms with van der Waals surface area (Å²) in [6.45, 7) is 1.20. The maximum atomic E-state index is 8.96. The standard InChI is InChI=1S/C13H16N4O2S/c18-7-6-17-13(14-15-16-17)20-9-12-11-4-2-1-3-10(11)5-8-19-12/h1-4,12,18H,5-9H2. The van der Waals surface area contributed by atoms with Gasteiger partial charge < -0.3 is 9.84 Å². The Kier molecular flexibility index (Phi) is 4.29. The molecule has 1 aromatic heterocycles. The molecule has 7 heteroatoms. The zero-order chi connectivity index (χ0) is 13.8. The molecule has 0 spiro atoms. The van der Waals surface area contributed by atoms with Crippen molar-refractivity contribution < 1.29 is 9.84 Å². The first kappa shape index (κ1) is 13.5. The highest BCUT2D eigenvalue weighted by atomic mass is 32.2. The van der Waals surface area contributed by atoms with E-state index in [1.165, 1.54) is 11.1 Å². The van der Waals surface area contributed by atoms with E-state index in [1.807, 2.05) is 6.07 Å². The van der Waals surface area contributed by atoms with Crippen LogP contribution in [0.2, 0.25) is 0 Å². The number of thioether (sulfide) groups is 1. The highest BCUT2D eigenvalue weighted by Gasteiger charge is 2.21. The Morgan fingerprint density at radius 2 is 2.30 bits per heavy atom. The average molecular weight is 292 g/mol. The molecule has 6 nitrogen and oxygen atoms in total. The van der Waals surface area contributed by atoms with Gasteiger partial charge in [-0.15, -0.1) is 5.10 Å². The molecule has 20 heavy (non-hydrogen) atoms. The van der Waals surface area contributed by atoms with Crippen LogP contribution in [-0.2, 0) is 17.7 Å². The summed E-state index contributed by atoms with van der Waals surface area (Å²) >= 11 is 1.55. The van der Waals surface area contributed by atoms with Crippen LogP contribution in [0, 0.1) is 0 Å². The minimum Gasteiger partial charge on any atom is -0.394 e. The molecule has 1 N–H and O–H groups in total. The smallest absolute Gasteiger partial charge is 0.209 e. The second-order valence-electron chi connectivity index (χ2n) is 4.53. The Hall–Kier alpha value is -1.44. The van der Waals surface area contributed by atoms with Crippen molar-refractivity contribution in [2.24, 2.45) is 0 Å². The molecule has 0 bridgehead atoms. The van der Waals surface area contributed by atoms with Crippen LogP contribution in [0.4, 0.5) is 0 Å². The van der Waals surface area contributed by atoms with Gasteiger partial charge in [0.05, 0.1) is 25.9 Å². The number of nitrogens with zero attached hydrogens (tertiary/aromatic N) is 4. The Labute approximate surface area is 121 Å². The van der Waals surface area contributed by atoms with Crippen molar-refractivity contribution in [2.75, 3.05) is 19.0 Å². The average Bonchev–Trinajstić information content (AvgIpc) is 2.93. The highest BCUT2D eigenvalue weighted by molar-refractivity contribution is 7.99. The number of hydrogen-bond acceptors (Lipinski definition) is 6. The highest BCUT2D eigenvalue weighted by Crippen LogP contribution is 2.31. The Bertz CT molecular complexity index is 575. The van der Waals surface area contributed by atoms with E-state index < -0.39 is 0 Å². The number of rotatable bonds is 5. The van der Waals surface area contributed by atoms with Gasteiger partial charge in [0.2, 0.25) is 5.16 Å². The van der Waals surface area contributed by atoms with E-state index in [4.69, 9.17) is 9.84 Å². The molecule has 2 heterocycles. The maximum Gasteiger partial charge on any atom is 0.209 e. The Balaban J connectivity index is 1.69. The molecule has 106 valence electrons. The summed E-state index contributed by atoms with van der Waals surface area (Å²) in [6, 6.07) is 8.39. The fourth-order valence-electron chi connectivity index (χ4n) is 2.30. The van der Waals surface area contributed by atoms with Gasteiger partial charge in [-0.05, 0) is 28.0 Å². The first-order valence-electron chi connectivity index (χ1n) is 6.57. The third-order valence-electron chi connectivity index (χ3n) is 3.27. The zero-order valence-corrected chi connectivity index (χ0v) is 11.8. The number of aliphatic hydroxyl groups is 1. The largest absolute Gasteiger partial charge is 0.394 e. The molecule has 0 fully saturated rings. The third kappa shape index (κ3) is 2.84. The number of hydrogen-bond donors (Lipinski definition) is 1. The number of aliphatic hydroxyl groups excluding tert-OH is 1. The third-order valence-corrected chi connectivity index (χ3v) is 4.29. The second kappa shape index (κ2) is 6.34. The summed E-state index contributed by atoms with van der Waals surface area (Å²) in [6.07, 6.45) is 1.05. The number of fused-ring (bicyclic) bond motifs is 1. The predicted molar refractivity (Wildman–Crippen MR) is 74.5 cm³/mol. The molecular formula is C13H16N4O2S. The Morgan fingerprint density at radius 1 is 1.40 bits per heavy atom. The van der Waals surface area contributed by atoms with Gasteiger partial charge in [-0.3, -0.25) is 0 Å². The molecule has 1 aliphatic heterocycles. The molecule has 1 aliphatic rings. The zero-order valence-electron chi connectivity index (χ0n) is 11.0. The topological polar surface area (TPSA) is 73.1 Å². The van der Waals surface area contributed by atoms with E-state index in [9.17, 15) is 0 Å². The molecule has 0 amide bonds. The SMILES string of the molecule is OCCn1nnnc1SCC1OCCc2ccccc21. The summed E-state index contributed by atoms with van der Waals surface area (Å²) in [5.74, 6) is 0.767. The Morgan fingerprint density at radius 3 is 3.20 bits per heavy atom. The van der Waals surface area contributed by atoms with Crippen molar-refractivity contribution in [3.8, 4) is 0 Å². The van der Waals surface area contributed by atoms with Crippen molar-refractivity contribution in [2.45, 2.75) is 24.2 Å². The van der Waals surface area contributed by atoms with Crippen LogP contribution in [0.5, 0.6) is 0 Å². The van der Waals surface area contributed by atoms with Crippen molar-refractivity contribution >= 4 is 11.8 Å². The summed E-state index contributed by atoms with van der Waals surface area (Å²) < 4.78 is 7.46. The van der Waals surface area contributed by atoms with Crippen LogP contribution in [0.3, 0.4) is 0 Å². The van der Waals surface area contributed by atoms with E-state index in [-0.39, 0.29) is 12.7 Å². The lowest BCUT2D eigenvalue weighted by Gasteiger charge is -2.25. The summed E-state index contributed by atoms with van der Waals surface area (Å²) in [7, 11) is 0. The number of aromatic nitrogens is 4. The molecule has 3 rings (SSSR count). The number of benzene rings is 1. The molecule has 1 atom stereocenters. The fraction of sp³-hybridized carbons (Fsp3) is 0.462. The van der Waals surface area contributed by atoms with E-state index in [0.29, 0.717) is 11.7 Å². The first-order valence-corrected chi connectivity index (χ1v) is 7.56. The van der Waals surface area contributed by atoms with Crippen LogP contribution in [-0.4, -0.2) is 44.3 Å². The van der Waals surface area contributed by atoms with Crippen LogP contribution in [0.15, 0.2) is 29.4 Å². The molecule has 0 aliphatic carbocycles. The van der Waals surface area contributed by atoms with Crippen LogP contribution < -0.4 is 0 Å². The quantitative estimate of drug-likeness (QED) is 0.831. The maximum absolute atomic E-state index is 8.96. The molecule has 0 radical (unpaired) electrons.